The Bertz CT molecular complexity index is 563. The Hall–Kier alpha value is -2.09. The number of pyridine rings is 1. The van der Waals surface area contributed by atoms with Gasteiger partial charge in [-0.3, -0.25) is 4.98 Å². The first-order chi connectivity index (χ1) is 7.92. The number of aromatic amines is 1. The van der Waals surface area contributed by atoms with Crippen LogP contribution in [0.15, 0.2) is 54.9 Å². The van der Waals surface area contributed by atoms with Gasteiger partial charge >= 0.3 is 0 Å². The van der Waals surface area contributed by atoms with Crippen LogP contribution in [0.1, 0.15) is 11.3 Å². The second-order valence-corrected chi connectivity index (χ2v) is 3.91. The van der Waals surface area contributed by atoms with Gasteiger partial charge in [0.2, 0.25) is 0 Å². The zero-order chi connectivity index (χ0) is 10.8. The van der Waals surface area contributed by atoms with Gasteiger partial charge in [0.1, 0.15) is 0 Å². The van der Waals surface area contributed by atoms with Crippen molar-refractivity contribution < 1.29 is 0 Å². The average molecular weight is 208 g/mol. The number of nitrogens with zero attached hydrogens (tertiary/aromatic N) is 1. The van der Waals surface area contributed by atoms with E-state index in [-0.39, 0.29) is 0 Å². The van der Waals surface area contributed by atoms with Crippen molar-refractivity contribution in [3.8, 4) is 0 Å². The molecular weight excluding hydrogens is 196 g/mol. The molecule has 2 heterocycles. The summed E-state index contributed by atoms with van der Waals surface area (Å²) in [5.41, 5.74) is 3.72. The number of aromatic nitrogens is 2. The van der Waals surface area contributed by atoms with Gasteiger partial charge in [0.15, 0.2) is 0 Å². The van der Waals surface area contributed by atoms with E-state index < -0.39 is 0 Å². The number of rotatable bonds is 2. The third-order valence-corrected chi connectivity index (χ3v) is 2.73. The Morgan fingerprint density at radius 3 is 2.62 bits per heavy atom. The third kappa shape index (κ3) is 1.70. The lowest BCUT2D eigenvalue weighted by Crippen LogP contribution is -1.87. The second-order valence-electron chi connectivity index (χ2n) is 3.91. The standard InChI is InChI=1S/C14H12N2/c1-2-4-14-12(3-1)10-13(16-14)9-11-5-7-15-8-6-11/h1-8,10,16H,9H2. The first-order valence-electron chi connectivity index (χ1n) is 5.37. The maximum atomic E-state index is 4.02. The molecule has 0 aliphatic heterocycles. The Balaban J connectivity index is 1.95. The van der Waals surface area contributed by atoms with E-state index in [1.54, 1.807) is 0 Å². The minimum absolute atomic E-state index is 0.928. The second kappa shape index (κ2) is 3.81. The molecule has 1 aromatic carbocycles. The van der Waals surface area contributed by atoms with Crippen LogP contribution < -0.4 is 0 Å². The van der Waals surface area contributed by atoms with Crippen LogP contribution in [0.25, 0.3) is 10.9 Å². The van der Waals surface area contributed by atoms with Crippen molar-refractivity contribution in [1.82, 2.24) is 9.97 Å². The maximum Gasteiger partial charge on any atom is 0.0456 e. The average Bonchev–Trinajstić information content (AvgIpc) is 2.72. The van der Waals surface area contributed by atoms with E-state index >= 15 is 0 Å². The number of hydrogen-bond donors (Lipinski definition) is 1. The molecule has 2 heteroatoms. The molecule has 0 atom stereocenters. The highest BCUT2D eigenvalue weighted by atomic mass is 14.7. The van der Waals surface area contributed by atoms with Crippen LogP contribution in [0.4, 0.5) is 0 Å². The van der Waals surface area contributed by atoms with E-state index in [4.69, 9.17) is 0 Å². The van der Waals surface area contributed by atoms with Crippen LogP contribution >= 0.6 is 0 Å². The molecule has 0 amide bonds. The highest BCUT2D eigenvalue weighted by Crippen LogP contribution is 2.16. The van der Waals surface area contributed by atoms with Gasteiger partial charge in [0.05, 0.1) is 0 Å². The van der Waals surface area contributed by atoms with Gasteiger partial charge in [-0.05, 0) is 35.2 Å². The van der Waals surface area contributed by atoms with Crippen LogP contribution in [-0.2, 0) is 6.42 Å². The molecule has 0 radical (unpaired) electrons. The van der Waals surface area contributed by atoms with Crippen LogP contribution in [0.5, 0.6) is 0 Å². The van der Waals surface area contributed by atoms with Crippen LogP contribution in [0.3, 0.4) is 0 Å². The lowest BCUT2D eigenvalue weighted by atomic mass is 10.1. The van der Waals surface area contributed by atoms with E-state index in [1.165, 1.54) is 22.2 Å². The van der Waals surface area contributed by atoms with Crippen LogP contribution in [0, 0.1) is 0 Å². The molecule has 1 N–H and O–H groups in total. The Morgan fingerprint density at radius 1 is 1.00 bits per heavy atom. The third-order valence-electron chi connectivity index (χ3n) is 2.73. The van der Waals surface area contributed by atoms with Gasteiger partial charge < -0.3 is 4.98 Å². The van der Waals surface area contributed by atoms with Gasteiger partial charge in [0, 0.05) is 30.0 Å². The van der Waals surface area contributed by atoms with E-state index in [0.29, 0.717) is 0 Å². The number of H-pyrrole nitrogens is 1. The van der Waals surface area contributed by atoms with Crippen molar-refractivity contribution in [3.63, 3.8) is 0 Å². The molecule has 0 unspecified atom stereocenters. The van der Waals surface area contributed by atoms with Gasteiger partial charge in [-0.25, -0.2) is 0 Å². The molecule has 0 aliphatic carbocycles. The molecule has 0 aliphatic rings. The van der Waals surface area contributed by atoms with Gasteiger partial charge in [-0.15, -0.1) is 0 Å². The van der Waals surface area contributed by atoms with Crippen LogP contribution in [0.2, 0.25) is 0 Å². The summed E-state index contributed by atoms with van der Waals surface area (Å²) in [7, 11) is 0. The van der Waals surface area contributed by atoms with Crippen molar-refractivity contribution in [2.75, 3.05) is 0 Å². The highest BCUT2D eigenvalue weighted by Gasteiger charge is 2.00. The number of para-hydroxylation sites is 1. The van der Waals surface area contributed by atoms with Crippen LogP contribution in [-0.4, -0.2) is 9.97 Å². The Labute approximate surface area is 94.0 Å². The smallest absolute Gasteiger partial charge is 0.0456 e. The highest BCUT2D eigenvalue weighted by molar-refractivity contribution is 5.80. The van der Waals surface area contributed by atoms with Crippen molar-refractivity contribution in [3.05, 3.63) is 66.1 Å². The predicted molar refractivity (Wildman–Crippen MR) is 65.3 cm³/mol. The lowest BCUT2D eigenvalue weighted by molar-refractivity contribution is 1.11. The molecule has 0 bridgehead atoms. The molecule has 16 heavy (non-hydrogen) atoms. The van der Waals surface area contributed by atoms with E-state index in [9.17, 15) is 0 Å². The summed E-state index contributed by atoms with van der Waals surface area (Å²) in [5.74, 6) is 0. The number of nitrogens with one attached hydrogen (secondary N) is 1. The van der Waals surface area contributed by atoms with Crippen molar-refractivity contribution in [2.24, 2.45) is 0 Å². The topological polar surface area (TPSA) is 28.7 Å². The van der Waals surface area contributed by atoms with E-state index in [1.807, 2.05) is 24.5 Å². The fourth-order valence-electron chi connectivity index (χ4n) is 1.95. The quantitative estimate of drug-likeness (QED) is 0.688. The zero-order valence-corrected chi connectivity index (χ0v) is 8.85. The Morgan fingerprint density at radius 2 is 1.81 bits per heavy atom. The SMILES string of the molecule is c1ccc2[nH]c(Cc3ccncc3)cc2c1. The van der Waals surface area contributed by atoms with Gasteiger partial charge in [-0.2, -0.15) is 0 Å². The van der Waals surface area contributed by atoms with E-state index in [2.05, 4.69) is 40.3 Å². The van der Waals surface area contributed by atoms with Gasteiger partial charge in [0.25, 0.3) is 0 Å². The molecular formula is C14H12N2. The summed E-state index contributed by atoms with van der Waals surface area (Å²) in [6.45, 7) is 0. The van der Waals surface area contributed by atoms with Crippen molar-refractivity contribution in [2.45, 2.75) is 6.42 Å². The fourth-order valence-corrected chi connectivity index (χ4v) is 1.95. The summed E-state index contributed by atoms with van der Waals surface area (Å²) in [6, 6.07) is 14.6. The maximum absolute atomic E-state index is 4.02. The monoisotopic (exact) mass is 208 g/mol. The summed E-state index contributed by atoms with van der Waals surface area (Å²) in [6.07, 6.45) is 4.59. The molecule has 3 aromatic rings. The first-order valence-corrected chi connectivity index (χ1v) is 5.37. The molecule has 2 aromatic heterocycles. The molecule has 0 saturated carbocycles. The molecule has 0 spiro atoms. The molecule has 0 fully saturated rings. The largest absolute Gasteiger partial charge is 0.358 e. The molecule has 0 saturated heterocycles. The van der Waals surface area contributed by atoms with Crippen molar-refractivity contribution in [1.29, 1.82) is 0 Å². The molecule has 3 rings (SSSR count). The normalized spacial score (nSPS) is 10.8. The predicted octanol–water partition coefficient (Wildman–Crippen LogP) is 3.15. The van der Waals surface area contributed by atoms with Crippen molar-refractivity contribution >= 4 is 10.9 Å². The number of benzene rings is 1. The lowest BCUT2D eigenvalue weighted by Gasteiger charge is -1.96. The summed E-state index contributed by atoms with van der Waals surface area (Å²) in [4.78, 5) is 7.44. The first kappa shape index (κ1) is 9.16. The molecule has 78 valence electrons. The minimum Gasteiger partial charge on any atom is -0.358 e. The number of fused-ring (bicyclic) bond motifs is 1. The summed E-state index contributed by atoms with van der Waals surface area (Å²) >= 11 is 0. The number of hydrogen-bond acceptors (Lipinski definition) is 1. The summed E-state index contributed by atoms with van der Waals surface area (Å²) in [5, 5.41) is 1.27. The minimum atomic E-state index is 0.928. The van der Waals surface area contributed by atoms with E-state index in [0.717, 1.165) is 6.42 Å². The molecule has 2 nitrogen and oxygen atoms in total. The Kier molecular flexibility index (Phi) is 2.18. The summed E-state index contributed by atoms with van der Waals surface area (Å²) < 4.78 is 0. The van der Waals surface area contributed by atoms with Gasteiger partial charge in [-0.1, -0.05) is 18.2 Å². The zero-order valence-electron chi connectivity index (χ0n) is 8.85. The fraction of sp³-hybridized carbons (Fsp3) is 0.0714.